The Bertz CT molecular complexity index is 825. The molecule has 29 heavy (non-hydrogen) atoms. The predicted molar refractivity (Wildman–Crippen MR) is 121 cm³/mol. The second-order valence-corrected chi connectivity index (χ2v) is 10.3. The van der Waals surface area contributed by atoms with Gasteiger partial charge in [0, 0.05) is 5.16 Å². The summed E-state index contributed by atoms with van der Waals surface area (Å²) in [5, 5.41) is 0.133. The quantitative estimate of drug-likeness (QED) is 0.379. The topological polar surface area (TPSA) is 0 Å². The maximum absolute atomic E-state index is 13.7. The lowest BCUT2D eigenvalue weighted by atomic mass is 9.87. The van der Waals surface area contributed by atoms with Crippen LogP contribution in [0.1, 0.15) is 74.8 Å². The van der Waals surface area contributed by atoms with E-state index in [1.165, 1.54) is 41.7 Å². The van der Waals surface area contributed by atoms with E-state index in [0.29, 0.717) is 11.2 Å². The molecule has 0 aliphatic rings. The summed E-state index contributed by atoms with van der Waals surface area (Å²) in [6, 6.07) is 10.9. The molecule has 2 rings (SSSR count). The number of halogens is 3. The van der Waals surface area contributed by atoms with Gasteiger partial charge in [-0.05, 0) is 66.2 Å². The van der Waals surface area contributed by atoms with Crippen molar-refractivity contribution in [3.8, 4) is 0 Å². The van der Waals surface area contributed by atoms with Crippen LogP contribution in [0.2, 0.25) is 0 Å². The Morgan fingerprint density at radius 1 is 0.966 bits per heavy atom. The first-order chi connectivity index (χ1) is 13.5. The van der Waals surface area contributed by atoms with E-state index in [2.05, 4.69) is 52.8 Å². The van der Waals surface area contributed by atoms with Gasteiger partial charge in [-0.1, -0.05) is 79.4 Å². The van der Waals surface area contributed by atoms with Crippen LogP contribution in [0.3, 0.4) is 0 Å². The molecule has 0 radical (unpaired) electrons. The Balaban J connectivity index is 2.49. The molecule has 0 saturated heterocycles. The van der Waals surface area contributed by atoms with Gasteiger partial charge in [-0.25, -0.2) is 0 Å². The van der Waals surface area contributed by atoms with Crippen molar-refractivity contribution >= 4 is 13.9 Å². The van der Waals surface area contributed by atoms with Crippen LogP contribution in [0.5, 0.6) is 0 Å². The molecule has 0 aromatic heterocycles. The van der Waals surface area contributed by atoms with Crippen molar-refractivity contribution < 1.29 is 13.2 Å². The number of aryl methyl sites for hydroxylation is 1. The smallest absolute Gasteiger partial charge is 0.166 e. The highest BCUT2D eigenvalue weighted by molar-refractivity contribution is 7.48. The molecule has 0 nitrogen and oxygen atoms in total. The van der Waals surface area contributed by atoms with Gasteiger partial charge in [-0.3, -0.25) is 0 Å². The van der Waals surface area contributed by atoms with Crippen LogP contribution in [0.15, 0.2) is 36.4 Å². The molecule has 0 heterocycles. The third-order valence-electron chi connectivity index (χ3n) is 6.08. The summed E-state index contributed by atoms with van der Waals surface area (Å²) in [6.07, 6.45) is -0.147. The van der Waals surface area contributed by atoms with E-state index >= 15 is 0 Å². The molecule has 0 N–H and O–H groups in total. The van der Waals surface area contributed by atoms with Crippen LogP contribution in [-0.4, -0.2) is 0 Å². The largest absolute Gasteiger partial charge is 0.417 e. The number of alkyl halides is 3. The highest BCUT2D eigenvalue weighted by atomic mass is 31.1. The predicted octanol–water partition coefficient (Wildman–Crippen LogP) is 7.93. The van der Waals surface area contributed by atoms with E-state index < -0.39 is 11.7 Å². The Kier molecular flexibility index (Phi) is 7.96. The number of benzene rings is 2. The van der Waals surface area contributed by atoms with Crippen molar-refractivity contribution in [2.45, 2.75) is 78.6 Å². The van der Waals surface area contributed by atoms with Crippen molar-refractivity contribution in [2.24, 2.45) is 5.92 Å². The molecule has 2 aromatic carbocycles. The Labute approximate surface area is 176 Å². The number of hydrogen-bond acceptors (Lipinski definition) is 0. The molecular formula is C25H34F3P. The van der Waals surface area contributed by atoms with Crippen LogP contribution < -0.4 is 5.30 Å². The van der Waals surface area contributed by atoms with E-state index in [-0.39, 0.29) is 13.7 Å². The summed E-state index contributed by atoms with van der Waals surface area (Å²) in [5.41, 5.74) is 4.00. The van der Waals surface area contributed by atoms with Gasteiger partial charge in [0.05, 0.1) is 5.56 Å². The van der Waals surface area contributed by atoms with Gasteiger partial charge in [0.15, 0.2) is 0 Å². The third-order valence-corrected chi connectivity index (χ3v) is 8.16. The van der Waals surface area contributed by atoms with Gasteiger partial charge >= 0.3 is 6.18 Å². The van der Waals surface area contributed by atoms with Crippen molar-refractivity contribution in [1.82, 2.24) is 0 Å². The van der Waals surface area contributed by atoms with Crippen LogP contribution in [-0.2, 0) is 17.8 Å². The van der Waals surface area contributed by atoms with Gasteiger partial charge in [-0.15, -0.1) is 0 Å². The fourth-order valence-corrected chi connectivity index (χ4v) is 5.94. The van der Waals surface area contributed by atoms with Crippen molar-refractivity contribution in [2.75, 3.05) is 0 Å². The molecule has 3 unspecified atom stereocenters. The molecule has 4 heteroatoms. The van der Waals surface area contributed by atoms with Crippen molar-refractivity contribution in [1.29, 1.82) is 0 Å². The number of rotatable bonds is 8. The van der Waals surface area contributed by atoms with Crippen LogP contribution in [0.4, 0.5) is 13.2 Å². The molecule has 0 fully saturated rings. The normalized spacial score (nSPS) is 15.6. The lowest BCUT2D eigenvalue weighted by Gasteiger charge is -2.33. The summed E-state index contributed by atoms with van der Waals surface area (Å²) in [6.45, 7) is 12.6. The molecule has 3 atom stereocenters. The zero-order chi connectivity index (χ0) is 21.8. The van der Waals surface area contributed by atoms with E-state index in [0.717, 1.165) is 18.4 Å². The molecule has 0 aliphatic carbocycles. The fourth-order valence-electron chi connectivity index (χ4n) is 4.16. The van der Waals surface area contributed by atoms with Crippen LogP contribution >= 0.6 is 8.58 Å². The summed E-state index contributed by atoms with van der Waals surface area (Å²) < 4.78 is 41.0. The highest BCUT2D eigenvalue weighted by Gasteiger charge is 2.37. The monoisotopic (exact) mass is 422 g/mol. The maximum Gasteiger partial charge on any atom is 0.417 e. The molecular weight excluding hydrogens is 388 g/mol. The van der Waals surface area contributed by atoms with Gasteiger partial charge in [-0.2, -0.15) is 13.2 Å². The molecule has 0 bridgehead atoms. The molecule has 0 aliphatic heterocycles. The van der Waals surface area contributed by atoms with Gasteiger partial charge < -0.3 is 0 Å². The Morgan fingerprint density at radius 3 is 2.17 bits per heavy atom. The summed E-state index contributed by atoms with van der Waals surface area (Å²) >= 11 is 0. The lowest BCUT2D eigenvalue weighted by Crippen LogP contribution is -2.25. The minimum Gasteiger partial charge on any atom is -0.166 e. The minimum atomic E-state index is -4.32. The van der Waals surface area contributed by atoms with Gasteiger partial charge in [0.2, 0.25) is 0 Å². The third kappa shape index (κ3) is 5.63. The molecule has 0 spiro atoms. The molecule has 0 amide bonds. The summed E-state index contributed by atoms with van der Waals surface area (Å²) in [5.74, 6) is 0.609. The zero-order valence-corrected chi connectivity index (χ0v) is 19.5. The van der Waals surface area contributed by atoms with Crippen molar-refractivity contribution in [3.63, 3.8) is 0 Å². The summed E-state index contributed by atoms with van der Waals surface area (Å²) in [4.78, 5) is 0. The van der Waals surface area contributed by atoms with E-state index in [1.807, 2.05) is 0 Å². The van der Waals surface area contributed by atoms with Gasteiger partial charge in [0.1, 0.15) is 0 Å². The zero-order valence-electron chi connectivity index (χ0n) is 18.5. The summed E-state index contributed by atoms with van der Waals surface area (Å²) in [7, 11) is 0.0662. The number of hydrogen-bond donors (Lipinski definition) is 0. The Morgan fingerprint density at radius 2 is 1.59 bits per heavy atom. The average Bonchev–Trinajstić information content (AvgIpc) is 2.64. The van der Waals surface area contributed by atoms with Crippen LogP contribution in [0.25, 0.3) is 0 Å². The fraction of sp³-hybridized carbons (Fsp3) is 0.520. The first-order valence-corrected chi connectivity index (χ1v) is 11.6. The maximum atomic E-state index is 13.7. The van der Waals surface area contributed by atoms with E-state index in [9.17, 15) is 13.2 Å². The second-order valence-electron chi connectivity index (χ2n) is 8.49. The van der Waals surface area contributed by atoms with Crippen molar-refractivity contribution in [3.05, 3.63) is 64.2 Å². The highest BCUT2D eigenvalue weighted by Crippen LogP contribution is 2.48. The van der Waals surface area contributed by atoms with E-state index in [4.69, 9.17) is 0 Å². The van der Waals surface area contributed by atoms with Crippen LogP contribution in [0, 0.1) is 19.8 Å². The lowest BCUT2D eigenvalue weighted by molar-refractivity contribution is -0.136. The molecule has 0 saturated carbocycles. The Hall–Kier alpha value is -1.34. The first kappa shape index (κ1) is 23.9. The van der Waals surface area contributed by atoms with Gasteiger partial charge in [0.25, 0.3) is 0 Å². The molecule has 160 valence electrons. The SMILES string of the molecule is CCCC(C)Cc1cccc(C(C)(CC)Pc2c(C)cccc2C(F)(F)F)c1C. The minimum absolute atomic E-state index is 0.0662. The first-order valence-electron chi connectivity index (χ1n) is 10.6. The second kappa shape index (κ2) is 9.65. The molecule has 2 aromatic rings. The average molecular weight is 423 g/mol. The van der Waals surface area contributed by atoms with E-state index in [1.54, 1.807) is 13.0 Å². The standard InChI is InChI=1S/C25H34F3P/c1-7-11-17(3)16-20-13-10-14-21(19(20)5)24(6,8-2)29-23-18(4)12-9-15-22(23)25(26,27)28/h9-10,12-15,17,29H,7-8,11,16H2,1-6H3.